The summed E-state index contributed by atoms with van der Waals surface area (Å²) in [5.41, 5.74) is 7.15. The first-order valence-electron chi connectivity index (χ1n) is 18.1. The van der Waals surface area contributed by atoms with E-state index in [1.807, 2.05) is 0 Å². The first kappa shape index (κ1) is 45.6. The fourth-order valence-corrected chi connectivity index (χ4v) is 5.60. The van der Waals surface area contributed by atoms with Crippen LogP contribution in [-0.4, -0.2) is 53.5 Å². The molecule has 0 aromatic heterocycles. The molecule has 5 N–H and O–H groups in total. The smallest absolute Gasteiger partial charge is 0.308 e. The van der Waals surface area contributed by atoms with Crippen LogP contribution in [0.3, 0.4) is 0 Å². The maximum atomic E-state index is 13.6. The normalized spacial score (nSPS) is 10.3. The van der Waals surface area contributed by atoms with Gasteiger partial charge in [-0.1, -0.05) is 30.3 Å². The Bertz CT molecular complexity index is 2330. The van der Waals surface area contributed by atoms with Crippen LogP contribution in [0.25, 0.3) is 0 Å². The average molecular weight is 841 g/mol. The summed E-state index contributed by atoms with van der Waals surface area (Å²) in [6.45, 7) is 5.92. The minimum atomic E-state index is -0.796. The fourth-order valence-electron chi connectivity index (χ4n) is 5.60. The van der Waals surface area contributed by atoms with E-state index in [1.165, 1.54) is 54.6 Å². The van der Waals surface area contributed by atoms with Crippen molar-refractivity contribution in [2.75, 3.05) is 5.73 Å². The van der Waals surface area contributed by atoms with Crippen molar-refractivity contribution in [2.45, 2.75) is 61.2 Å². The summed E-state index contributed by atoms with van der Waals surface area (Å²) >= 11 is 0. The van der Waals surface area contributed by atoms with Gasteiger partial charge in [-0.25, -0.2) is 0 Å². The summed E-state index contributed by atoms with van der Waals surface area (Å²) in [5, 5.41) is 8.05. The van der Waals surface area contributed by atoms with Gasteiger partial charge in [0.1, 0.15) is 0 Å². The second kappa shape index (κ2) is 20.6. The van der Waals surface area contributed by atoms with Crippen LogP contribution < -0.4 is 50.1 Å². The van der Waals surface area contributed by atoms with E-state index in [4.69, 9.17) is 34.2 Å². The zero-order chi connectivity index (χ0) is 45.0. The molecule has 4 aromatic carbocycles. The summed E-state index contributed by atoms with van der Waals surface area (Å²) in [4.78, 5) is 112. The molecule has 0 aliphatic heterocycles. The van der Waals surface area contributed by atoms with Crippen molar-refractivity contribution in [3.63, 3.8) is 0 Å². The van der Waals surface area contributed by atoms with Crippen molar-refractivity contribution in [2.24, 2.45) is 0 Å². The van der Waals surface area contributed by atoms with E-state index in [-0.39, 0.29) is 87.6 Å². The first-order valence-corrected chi connectivity index (χ1v) is 18.1. The van der Waals surface area contributed by atoms with Gasteiger partial charge in [0.2, 0.25) is 0 Å². The second-order valence-corrected chi connectivity index (χ2v) is 12.8. The summed E-state index contributed by atoms with van der Waals surface area (Å²) in [5.74, 6) is -8.34. The van der Waals surface area contributed by atoms with Gasteiger partial charge >= 0.3 is 35.8 Å². The molecule has 0 saturated heterocycles. The standard InChI is InChI=1S/C42H40N4O15/c1-21(47)56-33-13-7-10-30(37(33)59-24(4)50)40(53)44-18-27-16-28(19-45-41(54)31-11-8-14-34(57-22(2)48)38(31)60-25(5)51)36(43)29(17-27)20-46-42(55)32-12-9-15-35(58-23(3)49)39(32)61-26(6)52/h7-17H,18-20,43H2,1-6H3,(H,44,53)(H,45,54)(H,46,55). The summed E-state index contributed by atoms with van der Waals surface area (Å²) in [7, 11) is 0. The van der Waals surface area contributed by atoms with Crippen LogP contribution in [-0.2, 0) is 48.4 Å². The van der Waals surface area contributed by atoms with E-state index in [2.05, 4.69) is 16.0 Å². The highest BCUT2D eigenvalue weighted by molar-refractivity contribution is 6.00. The van der Waals surface area contributed by atoms with Crippen LogP contribution in [0.5, 0.6) is 34.5 Å². The Morgan fingerprint density at radius 3 is 0.984 bits per heavy atom. The number of ether oxygens (including phenoxy) is 6. The maximum Gasteiger partial charge on any atom is 0.308 e. The van der Waals surface area contributed by atoms with Gasteiger partial charge in [-0.3, -0.25) is 43.2 Å². The number of carbonyl (C=O) groups excluding carboxylic acids is 9. The predicted octanol–water partition coefficient (Wildman–Crippen LogP) is 3.61. The molecule has 0 aliphatic carbocycles. The Morgan fingerprint density at radius 1 is 0.426 bits per heavy atom. The van der Waals surface area contributed by atoms with Gasteiger partial charge < -0.3 is 50.1 Å². The number of anilines is 1. The lowest BCUT2D eigenvalue weighted by atomic mass is 10.0. The van der Waals surface area contributed by atoms with Gasteiger partial charge in [0, 0.05) is 66.9 Å². The number of amides is 3. The van der Waals surface area contributed by atoms with Crippen LogP contribution in [0, 0.1) is 0 Å². The molecule has 0 fully saturated rings. The molecule has 19 nitrogen and oxygen atoms in total. The first-order chi connectivity index (χ1) is 28.8. The number of rotatable bonds is 15. The number of hydrogen-bond acceptors (Lipinski definition) is 16. The second-order valence-electron chi connectivity index (χ2n) is 12.8. The Morgan fingerprint density at radius 2 is 0.705 bits per heavy atom. The monoisotopic (exact) mass is 840 g/mol. The summed E-state index contributed by atoms with van der Waals surface area (Å²) < 4.78 is 31.0. The molecular weight excluding hydrogens is 800 g/mol. The molecule has 318 valence electrons. The largest absolute Gasteiger partial charge is 0.423 e. The third-order valence-electron chi connectivity index (χ3n) is 7.91. The Hall–Kier alpha value is -8.09. The van der Waals surface area contributed by atoms with E-state index in [0.29, 0.717) is 5.56 Å². The zero-order valence-corrected chi connectivity index (χ0v) is 33.7. The molecule has 4 rings (SSSR count). The number of nitrogens with two attached hydrogens (primary N) is 1. The number of benzene rings is 4. The van der Waals surface area contributed by atoms with Crippen molar-refractivity contribution in [3.8, 4) is 34.5 Å². The number of nitrogens with one attached hydrogen (secondary N) is 3. The van der Waals surface area contributed by atoms with Crippen LogP contribution in [0.4, 0.5) is 5.69 Å². The molecule has 19 heteroatoms. The minimum absolute atomic E-state index is 0.0876. The van der Waals surface area contributed by atoms with Gasteiger partial charge in [-0.05, 0) is 53.1 Å². The molecule has 0 heterocycles. The lowest BCUT2D eigenvalue weighted by Crippen LogP contribution is -2.27. The van der Waals surface area contributed by atoms with Gasteiger partial charge in [0.25, 0.3) is 17.7 Å². The maximum absolute atomic E-state index is 13.6. The van der Waals surface area contributed by atoms with Crippen molar-refractivity contribution < 1.29 is 71.6 Å². The van der Waals surface area contributed by atoms with E-state index < -0.39 is 53.5 Å². The van der Waals surface area contributed by atoms with E-state index in [0.717, 1.165) is 41.5 Å². The lowest BCUT2D eigenvalue weighted by molar-refractivity contribution is -0.134. The van der Waals surface area contributed by atoms with Crippen LogP contribution in [0.15, 0.2) is 66.7 Å². The molecule has 0 spiro atoms. The van der Waals surface area contributed by atoms with E-state index >= 15 is 0 Å². The highest BCUT2D eigenvalue weighted by Crippen LogP contribution is 2.34. The van der Waals surface area contributed by atoms with Crippen molar-refractivity contribution >= 4 is 59.2 Å². The van der Waals surface area contributed by atoms with Crippen molar-refractivity contribution in [1.29, 1.82) is 0 Å². The zero-order valence-electron chi connectivity index (χ0n) is 33.7. The van der Waals surface area contributed by atoms with Crippen LogP contribution in [0.1, 0.15) is 89.3 Å². The van der Waals surface area contributed by atoms with Crippen molar-refractivity contribution in [1.82, 2.24) is 16.0 Å². The molecule has 0 saturated carbocycles. The van der Waals surface area contributed by atoms with Gasteiger partial charge in [0.05, 0.1) is 16.7 Å². The van der Waals surface area contributed by atoms with E-state index in [1.54, 1.807) is 12.1 Å². The molecule has 4 aromatic rings. The Labute approximate surface area is 347 Å². The van der Waals surface area contributed by atoms with Crippen molar-refractivity contribution in [3.05, 3.63) is 100 Å². The quantitative estimate of drug-likeness (QED) is 0.0756. The highest BCUT2D eigenvalue weighted by atomic mass is 16.6. The van der Waals surface area contributed by atoms with E-state index in [9.17, 15) is 43.2 Å². The van der Waals surface area contributed by atoms with Gasteiger partial charge in [0.15, 0.2) is 34.5 Å². The van der Waals surface area contributed by atoms with Gasteiger partial charge in [-0.15, -0.1) is 0 Å². The third-order valence-corrected chi connectivity index (χ3v) is 7.91. The van der Waals surface area contributed by atoms with Gasteiger partial charge in [-0.2, -0.15) is 0 Å². The fraction of sp³-hybridized carbons (Fsp3) is 0.214. The van der Waals surface area contributed by atoms with Crippen LogP contribution in [0.2, 0.25) is 0 Å². The summed E-state index contributed by atoms with van der Waals surface area (Å²) in [6.07, 6.45) is 0. The molecule has 0 atom stereocenters. The number of nitrogen functional groups attached to an aromatic ring is 1. The average Bonchev–Trinajstić information content (AvgIpc) is 3.16. The molecule has 3 amide bonds. The minimum Gasteiger partial charge on any atom is -0.423 e. The SMILES string of the molecule is CC(=O)Oc1cccc(C(=O)NCc2cc(CNC(=O)c3cccc(OC(C)=O)c3OC(C)=O)c(N)c(CNC(=O)c3cccc(OC(C)=O)c3OC(C)=O)c2)c1OC(C)=O. The molecule has 0 radical (unpaired) electrons. The summed E-state index contributed by atoms with van der Waals surface area (Å²) in [6, 6.07) is 15.3. The predicted molar refractivity (Wildman–Crippen MR) is 212 cm³/mol. The number of esters is 6. The molecule has 0 unspecified atom stereocenters. The molecular formula is C42H40N4O15. The Balaban J connectivity index is 1.70. The highest BCUT2D eigenvalue weighted by Gasteiger charge is 2.24. The van der Waals surface area contributed by atoms with Crippen LogP contribution >= 0.6 is 0 Å². The molecule has 0 aliphatic rings. The molecule has 0 bridgehead atoms. The number of carbonyl (C=O) groups is 9. The third kappa shape index (κ3) is 12.7. The number of hydrogen-bond donors (Lipinski definition) is 4. The number of para-hydroxylation sites is 3. The Kier molecular flexibility index (Phi) is 15.4. The topological polar surface area (TPSA) is 271 Å². The molecule has 61 heavy (non-hydrogen) atoms. The lowest BCUT2D eigenvalue weighted by Gasteiger charge is -2.18.